The van der Waals surface area contributed by atoms with Gasteiger partial charge in [-0.2, -0.15) is 0 Å². The molecule has 0 bridgehead atoms. The second-order valence-corrected chi connectivity index (χ2v) is 3.22. The number of hydrogen-bond donors (Lipinski definition) is 2. The third kappa shape index (κ3) is 3.92. The average molecular weight is 184 g/mol. The molecule has 74 valence electrons. The van der Waals surface area contributed by atoms with Crippen molar-refractivity contribution in [2.75, 3.05) is 13.7 Å². The fourth-order valence-corrected chi connectivity index (χ4v) is 0.735. The molecule has 0 aromatic rings. The van der Waals surface area contributed by atoms with E-state index in [1.165, 1.54) is 7.11 Å². The van der Waals surface area contributed by atoms with Crippen molar-refractivity contribution >= 4 is 5.91 Å². The largest absolute Gasteiger partial charge is 0.370 e. The molecule has 13 heavy (non-hydrogen) atoms. The first kappa shape index (κ1) is 11.9. The molecule has 0 aromatic heterocycles. The van der Waals surface area contributed by atoms with Gasteiger partial charge in [0.2, 0.25) is 0 Å². The highest BCUT2D eigenvalue weighted by atomic mass is 16.5. The Morgan fingerprint density at radius 3 is 2.62 bits per heavy atom. The van der Waals surface area contributed by atoms with Gasteiger partial charge in [0, 0.05) is 13.7 Å². The van der Waals surface area contributed by atoms with E-state index in [1.807, 2.05) is 0 Å². The first-order valence-electron chi connectivity index (χ1n) is 3.99. The van der Waals surface area contributed by atoms with E-state index in [0.717, 1.165) is 0 Å². The summed E-state index contributed by atoms with van der Waals surface area (Å²) in [6, 6.07) is 0. The lowest BCUT2D eigenvalue weighted by Gasteiger charge is -2.22. The van der Waals surface area contributed by atoms with E-state index >= 15 is 0 Å². The summed E-state index contributed by atoms with van der Waals surface area (Å²) >= 11 is 0. The van der Waals surface area contributed by atoms with Crippen LogP contribution in [0.15, 0.2) is 0 Å². The van der Waals surface area contributed by atoms with Crippen LogP contribution < -0.4 is 11.1 Å². The Morgan fingerprint density at radius 2 is 2.31 bits per heavy atom. The van der Waals surface area contributed by atoms with Gasteiger partial charge in [-0.15, -0.1) is 6.42 Å². The molecule has 0 rings (SSSR count). The molecule has 1 amide bonds. The number of nitrogens with two attached hydrogens (primary N) is 1. The van der Waals surface area contributed by atoms with Crippen molar-refractivity contribution in [1.82, 2.24) is 5.32 Å². The number of rotatable bonds is 4. The molecule has 1 unspecified atom stereocenters. The standard InChI is InChI=1S/C9H16N2O2/c1-5-9(2,3)11-8(12)7(6-10)13-4/h1,7H,6,10H2,2-4H3,(H,11,12). The van der Waals surface area contributed by atoms with Gasteiger partial charge in [0.25, 0.3) is 5.91 Å². The summed E-state index contributed by atoms with van der Waals surface area (Å²) < 4.78 is 4.85. The summed E-state index contributed by atoms with van der Waals surface area (Å²) in [6.45, 7) is 3.60. The lowest BCUT2D eigenvalue weighted by atomic mass is 10.1. The fourth-order valence-electron chi connectivity index (χ4n) is 0.735. The van der Waals surface area contributed by atoms with Gasteiger partial charge in [-0.3, -0.25) is 4.79 Å². The lowest BCUT2D eigenvalue weighted by Crippen LogP contribution is -2.49. The molecule has 3 N–H and O–H groups in total. The van der Waals surface area contributed by atoms with E-state index < -0.39 is 11.6 Å². The second-order valence-electron chi connectivity index (χ2n) is 3.22. The van der Waals surface area contributed by atoms with Gasteiger partial charge in [0.1, 0.15) is 6.10 Å². The van der Waals surface area contributed by atoms with Crippen molar-refractivity contribution in [3.8, 4) is 12.3 Å². The smallest absolute Gasteiger partial charge is 0.251 e. The molecule has 4 heteroatoms. The Hall–Kier alpha value is -1.05. The summed E-state index contributed by atoms with van der Waals surface area (Å²) in [4.78, 5) is 11.4. The van der Waals surface area contributed by atoms with Crippen molar-refractivity contribution in [1.29, 1.82) is 0 Å². The minimum Gasteiger partial charge on any atom is -0.370 e. The topological polar surface area (TPSA) is 64.4 Å². The van der Waals surface area contributed by atoms with Crippen LogP contribution in [0, 0.1) is 12.3 Å². The highest BCUT2D eigenvalue weighted by Gasteiger charge is 2.22. The lowest BCUT2D eigenvalue weighted by molar-refractivity contribution is -0.131. The highest BCUT2D eigenvalue weighted by molar-refractivity contribution is 5.82. The van der Waals surface area contributed by atoms with E-state index in [4.69, 9.17) is 16.9 Å². The van der Waals surface area contributed by atoms with Crippen LogP contribution in [-0.4, -0.2) is 31.2 Å². The minimum absolute atomic E-state index is 0.142. The van der Waals surface area contributed by atoms with Gasteiger partial charge in [-0.25, -0.2) is 0 Å². The first-order valence-corrected chi connectivity index (χ1v) is 3.99. The number of nitrogens with one attached hydrogen (secondary N) is 1. The molecule has 0 fully saturated rings. The molecule has 0 aliphatic carbocycles. The molecule has 0 saturated heterocycles. The maximum atomic E-state index is 11.4. The summed E-state index contributed by atoms with van der Waals surface area (Å²) in [5.74, 6) is 2.16. The molecule has 0 aliphatic heterocycles. The van der Waals surface area contributed by atoms with E-state index in [2.05, 4.69) is 11.2 Å². The van der Waals surface area contributed by atoms with Crippen molar-refractivity contribution in [2.24, 2.45) is 5.73 Å². The van der Waals surface area contributed by atoms with Crippen LogP contribution >= 0.6 is 0 Å². The number of ether oxygens (including phenoxy) is 1. The Kier molecular flexibility index (Phi) is 4.46. The van der Waals surface area contributed by atoms with Crippen LogP contribution in [0.1, 0.15) is 13.8 Å². The molecule has 0 spiro atoms. The third-order valence-electron chi connectivity index (χ3n) is 1.59. The number of amides is 1. The van der Waals surface area contributed by atoms with Gasteiger partial charge < -0.3 is 15.8 Å². The molecule has 1 atom stereocenters. The predicted octanol–water partition coefficient (Wildman–Crippen LogP) is -0.512. The van der Waals surface area contributed by atoms with E-state index in [9.17, 15) is 4.79 Å². The predicted molar refractivity (Wildman–Crippen MR) is 50.9 cm³/mol. The van der Waals surface area contributed by atoms with Crippen LogP contribution in [0.25, 0.3) is 0 Å². The molecule has 4 nitrogen and oxygen atoms in total. The summed E-state index contributed by atoms with van der Waals surface area (Å²) in [5.41, 5.74) is 4.64. The molecule has 0 saturated carbocycles. The fraction of sp³-hybridized carbons (Fsp3) is 0.667. The van der Waals surface area contributed by atoms with Gasteiger partial charge >= 0.3 is 0 Å². The number of carbonyl (C=O) groups excluding carboxylic acids is 1. The molecule has 0 aromatic carbocycles. The summed E-state index contributed by atoms with van der Waals surface area (Å²) in [6.07, 6.45) is 4.57. The van der Waals surface area contributed by atoms with Crippen molar-refractivity contribution < 1.29 is 9.53 Å². The Balaban J connectivity index is 4.23. The first-order chi connectivity index (χ1) is 5.96. The SMILES string of the molecule is C#CC(C)(C)NC(=O)C(CN)OC. The van der Waals surface area contributed by atoms with Gasteiger partial charge in [-0.1, -0.05) is 5.92 Å². The Bertz CT molecular complexity index is 214. The Labute approximate surface area is 78.8 Å². The van der Waals surface area contributed by atoms with Crippen LogP contribution in [0.2, 0.25) is 0 Å². The van der Waals surface area contributed by atoms with Crippen molar-refractivity contribution in [3.05, 3.63) is 0 Å². The maximum Gasteiger partial charge on any atom is 0.251 e. The number of terminal acetylenes is 1. The monoisotopic (exact) mass is 184 g/mol. The number of hydrogen-bond acceptors (Lipinski definition) is 3. The zero-order chi connectivity index (χ0) is 10.5. The minimum atomic E-state index is -0.664. The van der Waals surface area contributed by atoms with Crippen LogP contribution in [0.5, 0.6) is 0 Å². The molecule has 0 heterocycles. The van der Waals surface area contributed by atoms with E-state index in [1.54, 1.807) is 13.8 Å². The van der Waals surface area contributed by atoms with Gasteiger partial charge in [0.15, 0.2) is 0 Å². The molecule has 0 aliphatic rings. The molecular formula is C9H16N2O2. The van der Waals surface area contributed by atoms with Gasteiger partial charge in [-0.05, 0) is 13.8 Å². The Morgan fingerprint density at radius 1 is 1.77 bits per heavy atom. The van der Waals surface area contributed by atoms with Crippen LogP contribution in [-0.2, 0) is 9.53 Å². The average Bonchev–Trinajstić information content (AvgIpc) is 2.06. The highest BCUT2D eigenvalue weighted by Crippen LogP contribution is 2.00. The maximum absolute atomic E-state index is 11.4. The summed E-state index contributed by atoms with van der Waals surface area (Å²) in [5, 5.41) is 2.63. The van der Waals surface area contributed by atoms with Crippen LogP contribution in [0.3, 0.4) is 0 Å². The summed E-state index contributed by atoms with van der Waals surface area (Å²) in [7, 11) is 1.43. The molecular weight excluding hydrogens is 168 g/mol. The number of methoxy groups -OCH3 is 1. The quantitative estimate of drug-likeness (QED) is 0.578. The second kappa shape index (κ2) is 4.85. The van der Waals surface area contributed by atoms with Crippen molar-refractivity contribution in [3.63, 3.8) is 0 Å². The third-order valence-corrected chi connectivity index (χ3v) is 1.59. The van der Waals surface area contributed by atoms with Gasteiger partial charge in [0.05, 0.1) is 5.54 Å². The molecule has 0 radical (unpaired) electrons. The van der Waals surface area contributed by atoms with Crippen LogP contribution in [0.4, 0.5) is 0 Å². The zero-order valence-corrected chi connectivity index (χ0v) is 8.26. The van der Waals surface area contributed by atoms with E-state index in [0.29, 0.717) is 0 Å². The zero-order valence-electron chi connectivity index (χ0n) is 8.26. The van der Waals surface area contributed by atoms with Crippen molar-refractivity contribution in [2.45, 2.75) is 25.5 Å². The number of carbonyl (C=O) groups is 1. The normalized spacial score (nSPS) is 13.2. The van der Waals surface area contributed by atoms with E-state index in [-0.39, 0.29) is 12.5 Å².